The Morgan fingerprint density at radius 3 is 1.54 bits per heavy atom. The standard InChI is InChI=1S/C24H20O4/c25-19-5-1-15(2-6-19)11-17-13-18(12-16-3-7-20(26)8-4-16)24(28)22-10-9-21(27)14-23(17)22/h1-10,13-14,25-28H,11-12H2. The van der Waals surface area contributed by atoms with Gasteiger partial charge in [0.1, 0.15) is 23.0 Å². The van der Waals surface area contributed by atoms with Gasteiger partial charge in [0.25, 0.3) is 0 Å². The van der Waals surface area contributed by atoms with E-state index in [9.17, 15) is 20.4 Å². The van der Waals surface area contributed by atoms with Crippen molar-refractivity contribution in [3.05, 3.63) is 95.1 Å². The Hall–Kier alpha value is -3.66. The second-order valence-electron chi connectivity index (χ2n) is 6.96. The van der Waals surface area contributed by atoms with Crippen molar-refractivity contribution in [1.82, 2.24) is 0 Å². The van der Waals surface area contributed by atoms with Gasteiger partial charge in [-0.2, -0.15) is 0 Å². The van der Waals surface area contributed by atoms with E-state index < -0.39 is 0 Å². The van der Waals surface area contributed by atoms with Crippen LogP contribution in [0.5, 0.6) is 23.0 Å². The van der Waals surface area contributed by atoms with Crippen molar-refractivity contribution in [3.8, 4) is 23.0 Å². The molecular weight excluding hydrogens is 352 g/mol. The SMILES string of the molecule is Oc1ccc(Cc2cc(Cc3ccc(O)cc3)c3cc(O)ccc3c2O)cc1. The van der Waals surface area contributed by atoms with E-state index in [1.54, 1.807) is 42.5 Å². The fourth-order valence-electron chi connectivity index (χ4n) is 3.48. The van der Waals surface area contributed by atoms with Crippen LogP contribution in [0.15, 0.2) is 72.8 Å². The van der Waals surface area contributed by atoms with Crippen LogP contribution in [-0.4, -0.2) is 20.4 Å². The van der Waals surface area contributed by atoms with Crippen LogP contribution in [0, 0.1) is 0 Å². The van der Waals surface area contributed by atoms with Crippen molar-refractivity contribution in [3.63, 3.8) is 0 Å². The van der Waals surface area contributed by atoms with Crippen LogP contribution in [0.25, 0.3) is 10.8 Å². The van der Waals surface area contributed by atoms with Gasteiger partial charge in [0.2, 0.25) is 0 Å². The van der Waals surface area contributed by atoms with E-state index in [4.69, 9.17) is 0 Å². The molecule has 4 aromatic carbocycles. The van der Waals surface area contributed by atoms with E-state index in [1.165, 1.54) is 0 Å². The molecule has 0 unspecified atom stereocenters. The predicted molar refractivity (Wildman–Crippen MR) is 109 cm³/mol. The summed E-state index contributed by atoms with van der Waals surface area (Å²) in [5, 5.41) is 41.2. The molecule has 0 aliphatic carbocycles. The van der Waals surface area contributed by atoms with Crippen LogP contribution >= 0.6 is 0 Å². The molecule has 0 saturated heterocycles. The molecule has 0 aliphatic heterocycles. The zero-order valence-corrected chi connectivity index (χ0v) is 15.1. The minimum Gasteiger partial charge on any atom is -0.508 e. The zero-order chi connectivity index (χ0) is 19.7. The van der Waals surface area contributed by atoms with Crippen molar-refractivity contribution in [2.75, 3.05) is 0 Å². The largest absolute Gasteiger partial charge is 0.508 e. The lowest BCUT2D eigenvalue weighted by molar-refractivity contribution is 0.473. The third-order valence-electron chi connectivity index (χ3n) is 4.92. The molecule has 0 aliphatic rings. The Balaban J connectivity index is 1.81. The van der Waals surface area contributed by atoms with Crippen LogP contribution in [-0.2, 0) is 12.8 Å². The summed E-state index contributed by atoms with van der Waals surface area (Å²) in [6.45, 7) is 0. The highest BCUT2D eigenvalue weighted by atomic mass is 16.3. The maximum atomic E-state index is 10.8. The summed E-state index contributed by atoms with van der Waals surface area (Å²) in [5.74, 6) is 0.752. The Labute approximate surface area is 162 Å². The summed E-state index contributed by atoms with van der Waals surface area (Å²) in [7, 11) is 0. The number of aromatic hydroxyl groups is 4. The summed E-state index contributed by atoms with van der Waals surface area (Å²) < 4.78 is 0. The first-order chi connectivity index (χ1) is 13.5. The fraction of sp³-hybridized carbons (Fsp3) is 0.0833. The zero-order valence-electron chi connectivity index (χ0n) is 15.1. The van der Waals surface area contributed by atoms with Gasteiger partial charge >= 0.3 is 0 Å². The van der Waals surface area contributed by atoms with E-state index in [0.717, 1.165) is 27.6 Å². The van der Waals surface area contributed by atoms with Gasteiger partial charge in [-0.1, -0.05) is 30.3 Å². The summed E-state index contributed by atoms with van der Waals surface area (Å²) >= 11 is 0. The molecule has 4 aromatic rings. The first kappa shape index (κ1) is 17.7. The summed E-state index contributed by atoms with van der Waals surface area (Å²) in [6, 6.07) is 20.8. The number of fused-ring (bicyclic) bond motifs is 1. The van der Waals surface area contributed by atoms with Gasteiger partial charge in [-0.3, -0.25) is 0 Å². The molecule has 0 spiro atoms. The number of phenols is 4. The molecular formula is C24H20O4. The normalized spacial score (nSPS) is 11.0. The minimum atomic E-state index is 0.144. The number of rotatable bonds is 4. The molecule has 4 nitrogen and oxygen atoms in total. The maximum absolute atomic E-state index is 10.8. The summed E-state index contributed by atoms with van der Waals surface area (Å²) in [6.07, 6.45) is 1.12. The maximum Gasteiger partial charge on any atom is 0.126 e. The molecule has 140 valence electrons. The molecule has 4 N–H and O–H groups in total. The lowest BCUT2D eigenvalue weighted by atomic mass is 9.92. The molecule has 0 saturated carbocycles. The van der Waals surface area contributed by atoms with Crippen LogP contribution in [0.2, 0.25) is 0 Å². The van der Waals surface area contributed by atoms with Gasteiger partial charge in [-0.05, 0) is 76.5 Å². The number of hydrogen-bond donors (Lipinski definition) is 4. The second-order valence-corrected chi connectivity index (χ2v) is 6.96. The van der Waals surface area contributed by atoms with Crippen molar-refractivity contribution in [1.29, 1.82) is 0 Å². The van der Waals surface area contributed by atoms with E-state index in [-0.39, 0.29) is 23.0 Å². The smallest absolute Gasteiger partial charge is 0.126 e. The summed E-state index contributed by atoms with van der Waals surface area (Å²) in [5.41, 5.74) is 3.74. The van der Waals surface area contributed by atoms with Crippen LogP contribution in [0.3, 0.4) is 0 Å². The molecule has 0 fully saturated rings. The quantitative estimate of drug-likeness (QED) is 0.413. The van der Waals surface area contributed by atoms with Crippen LogP contribution in [0.4, 0.5) is 0 Å². The molecule has 0 amide bonds. The highest BCUT2D eigenvalue weighted by Crippen LogP contribution is 2.36. The molecule has 0 heterocycles. The molecule has 28 heavy (non-hydrogen) atoms. The summed E-state index contributed by atoms with van der Waals surface area (Å²) in [4.78, 5) is 0. The van der Waals surface area contributed by atoms with E-state index in [2.05, 4.69) is 0 Å². The van der Waals surface area contributed by atoms with Crippen molar-refractivity contribution < 1.29 is 20.4 Å². The average Bonchev–Trinajstić information content (AvgIpc) is 2.69. The topological polar surface area (TPSA) is 80.9 Å². The van der Waals surface area contributed by atoms with E-state index in [1.807, 2.05) is 30.3 Å². The fourth-order valence-corrected chi connectivity index (χ4v) is 3.48. The third-order valence-corrected chi connectivity index (χ3v) is 4.92. The Kier molecular flexibility index (Phi) is 4.53. The molecule has 0 radical (unpaired) electrons. The van der Waals surface area contributed by atoms with Crippen LogP contribution in [0.1, 0.15) is 22.3 Å². The monoisotopic (exact) mass is 372 g/mol. The second kappa shape index (κ2) is 7.16. The first-order valence-electron chi connectivity index (χ1n) is 9.02. The van der Waals surface area contributed by atoms with Gasteiger partial charge < -0.3 is 20.4 Å². The molecule has 0 atom stereocenters. The Bertz CT molecular complexity index is 1130. The average molecular weight is 372 g/mol. The lowest BCUT2D eigenvalue weighted by Crippen LogP contribution is -1.96. The minimum absolute atomic E-state index is 0.144. The highest BCUT2D eigenvalue weighted by molar-refractivity contribution is 5.93. The number of benzene rings is 4. The van der Waals surface area contributed by atoms with Crippen molar-refractivity contribution >= 4 is 10.8 Å². The van der Waals surface area contributed by atoms with Gasteiger partial charge in [0, 0.05) is 11.8 Å². The van der Waals surface area contributed by atoms with Gasteiger partial charge in [-0.25, -0.2) is 0 Å². The van der Waals surface area contributed by atoms with Gasteiger partial charge in [0.05, 0.1) is 0 Å². The number of phenolic OH excluding ortho intramolecular Hbond substituents is 4. The number of hydrogen-bond acceptors (Lipinski definition) is 4. The van der Waals surface area contributed by atoms with Gasteiger partial charge in [-0.15, -0.1) is 0 Å². The highest BCUT2D eigenvalue weighted by Gasteiger charge is 2.13. The van der Waals surface area contributed by atoms with Crippen molar-refractivity contribution in [2.24, 2.45) is 0 Å². The Morgan fingerprint density at radius 2 is 0.964 bits per heavy atom. The van der Waals surface area contributed by atoms with Gasteiger partial charge in [0.15, 0.2) is 0 Å². The predicted octanol–water partition coefficient (Wildman–Crippen LogP) is 4.84. The first-order valence-corrected chi connectivity index (χ1v) is 9.02. The van der Waals surface area contributed by atoms with Crippen molar-refractivity contribution in [2.45, 2.75) is 12.8 Å². The molecule has 4 heteroatoms. The Morgan fingerprint density at radius 1 is 0.464 bits per heavy atom. The third kappa shape index (κ3) is 3.58. The molecule has 0 aromatic heterocycles. The van der Waals surface area contributed by atoms with E-state index >= 15 is 0 Å². The van der Waals surface area contributed by atoms with Crippen LogP contribution < -0.4 is 0 Å². The molecule has 4 rings (SSSR count). The molecule has 0 bridgehead atoms. The lowest BCUT2D eigenvalue weighted by Gasteiger charge is -2.14. The van der Waals surface area contributed by atoms with E-state index in [0.29, 0.717) is 18.2 Å².